The van der Waals surface area contributed by atoms with Gasteiger partial charge in [-0.15, -0.1) is 0 Å². The summed E-state index contributed by atoms with van der Waals surface area (Å²) in [7, 11) is 0. The monoisotopic (exact) mass is 281 g/mol. The van der Waals surface area contributed by atoms with Crippen LogP contribution in [0.15, 0.2) is 0 Å². The Kier molecular flexibility index (Phi) is 5.53. The molecule has 3 N–H and O–H groups in total. The van der Waals surface area contributed by atoms with Crippen LogP contribution in [0.2, 0.25) is 0 Å². The van der Waals surface area contributed by atoms with Crippen LogP contribution in [0.1, 0.15) is 72.1 Å². The van der Waals surface area contributed by atoms with E-state index in [1.165, 1.54) is 38.5 Å². The Morgan fingerprint density at radius 3 is 2.25 bits per heavy atom. The molecule has 3 atom stereocenters. The highest BCUT2D eigenvalue weighted by Crippen LogP contribution is 2.47. The minimum Gasteiger partial charge on any atom is -0.392 e. The molecule has 0 spiro atoms. The molecule has 0 aromatic rings. The predicted molar refractivity (Wildman–Crippen MR) is 85.4 cm³/mol. The van der Waals surface area contributed by atoms with Crippen molar-refractivity contribution in [3.8, 4) is 0 Å². The Labute approximate surface area is 125 Å². The third-order valence-electron chi connectivity index (χ3n) is 6.43. The van der Waals surface area contributed by atoms with Crippen molar-refractivity contribution in [3.05, 3.63) is 0 Å². The molecular formula is C18H35NO. The van der Waals surface area contributed by atoms with E-state index < -0.39 is 0 Å². The van der Waals surface area contributed by atoms with Crippen LogP contribution in [0, 0.1) is 29.1 Å². The Bertz CT molecular complexity index is 294. The summed E-state index contributed by atoms with van der Waals surface area (Å²) in [6, 6.07) is 0. The van der Waals surface area contributed by atoms with E-state index in [2.05, 4.69) is 20.8 Å². The summed E-state index contributed by atoms with van der Waals surface area (Å²) >= 11 is 0. The molecule has 2 rings (SSSR count). The third-order valence-corrected chi connectivity index (χ3v) is 6.43. The van der Waals surface area contributed by atoms with Crippen LogP contribution in [0.5, 0.6) is 0 Å². The summed E-state index contributed by atoms with van der Waals surface area (Å²) in [5.41, 5.74) is 6.16. The van der Waals surface area contributed by atoms with Gasteiger partial charge in [0.05, 0.1) is 6.10 Å². The van der Waals surface area contributed by atoms with E-state index in [9.17, 15) is 5.11 Å². The normalized spacial score (nSPS) is 40.8. The van der Waals surface area contributed by atoms with E-state index >= 15 is 0 Å². The second-order valence-corrected chi connectivity index (χ2v) is 8.12. The van der Waals surface area contributed by atoms with Crippen molar-refractivity contribution in [1.82, 2.24) is 0 Å². The van der Waals surface area contributed by atoms with Crippen molar-refractivity contribution in [2.75, 3.05) is 6.54 Å². The Morgan fingerprint density at radius 2 is 1.75 bits per heavy atom. The first-order valence-electron chi connectivity index (χ1n) is 8.86. The smallest absolute Gasteiger partial charge is 0.0636 e. The van der Waals surface area contributed by atoms with Gasteiger partial charge in [-0.1, -0.05) is 33.6 Å². The lowest BCUT2D eigenvalue weighted by Crippen LogP contribution is -2.49. The highest BCUT2D eigenvalue weighted by molar-refractivity contribution is 4.96. The summed E-state index contributed by atoms with van der Waals surface area (Å²) < 4.78 is 0. The Hall–Kier alpha value is -0.0800. The number of hydrogen-bond acceptors (Lipinski definition) is 2. The summed E-state index contributed by atoms with van der Waals surface area (Å²) in [4.78, 5) is 0. The first-order chi connectivity index (χ1) is 9.48. The Balaban J connectivity index is 2.00. The number of hydrogen-bond donors (Lipinski definition) is 2. The molecule has 2 aliphatic rings. The molecule has 118 valence electrons. The first-order valence-corrected chi connectivity index (χ1v) is 8.86. The molecular weight excluding hydrogens is 246 g/mol. The zero-order chi connectivity index (χ0) is 14.8. The molecule has 2 fully saturated rings. The third kappa shape index (κ3) is 3.39. The second-order valence-electron chi connectivity index (χ2n) is 8.12. The molecule has 2 saturated carbocycles. The summed E-state index contributed by atoms with van der Waals surface area (Å²) in [5.74, 6) is 2.90. The molecule has 0 amide bonds. The minimum absolute atomic E-state index is 0.0209. The average Bonchev–Trinajstić information content (AvgIpc) is 2.46. The quantitative estimate of drug-likeness (QED) is 0.819. The van der Waals surface area contributed by atoms with Crippen molar-refractivity contribution < 1.29 is 5.11 Å². The predicted octanol–water partition coefficient (Wildman–Crippen LogP) is 3.96. The zero-order valence-electron chi connectivity index (χ0n) is 13.8. The van der Waals surface area contributed by atoms with E-state index in [0.29, 0.717) is 12.5 Å². The summed E-state index contributed by atoms with van der Waals surface area (Å²) in [5, 5.41) is 11.0. The van der Waals surface area contributed by atoms with E-state index in [1.807, 2.05) is 0 Å². The molecule has 2 aliphatic carbocycles. The topological polar surface area (TPSA) is 46.2 Å². The highest BCUT2D eigenvalue weighted by atomic mass is 16.3. The van der Waals surface area contributed by atoms with Gasteiger partial charge < -0.3 is 10.8 Å². The molecule has 3 unspecified atom stereocenters. The number of rotatable bonds is 4. The van der Waals surface area contributed by atoms with Gasteiger partial charge in [-0.25, -0.2) is 0 Å². The van der Waals surface area contributed by atoms with E-state index in [1.54, 1.807) is 0 Å². The molecule has 0 aromatic carbocycles. The number of aliphatic hydroxyl groups is 1. The van der Waals surface area contributed by atoms with Crippen molar-refractivity contribution in [2.45, 2.75) is 78.2 Å². The van der Waals surface area contributed by atoms with E-state index in [-0.39, 0.29) is 11.5 Å². The van der Waals surface area contributed by atoms with E-state index in [4.69, 9.17) is 5.73 Å². The summed E-state index contributed by atoms with van der Waals surface area (Å²) in [6.07, 6.45) is 9.67. The van der Waals surface area contributed by atoms with Gasteiger partial charge in [0.25, 0.3) is 0 Å². The van der Waals surface area contributed by atoms with Gasteiger partial charge in [0.15, 0.2) is 0 Å². The van der Waals surface area contributed by atoms with Crippen LogP contribution in [-0.4, -0.2) is 17.8 Å². The highest BCUT2D eigenvalue weighted by Gasteiger charge is 2.44. The standard InChI is InChI=1S/C18H35NO/c1-13(2)15-7-9-18(12-19,10-8-15)17(20)16-6-4-5-14(3)11-16/h13-17,20H,4-12,19H2,1-3H3. The van der Waals surface area contributed by atoms with Gasteiger partial charge in [-0.2, -0.15) is 0 Å². The van der Waals surface area contributed by atoms with Crippen molar-refractivity contribution in [2.24, 2.45) is 34.8 Å². The zero-order valence-corrected chi connectivity index (χ0v) is 13.8. The van der Waals surface area contributed by atoms with Crippen LogP contribution < -0.4 is 5.73 Å². The molecule has 2 heteroatoms. The maximum atomic E-state index is 11.0. The fourth-order valence-corrected chi connectivity index (χ4v) is 4.77. The molecule has 0 aliphatic heterocycles. The SMILES string of the molecule is CC1CCCC(C(O)C2(CN)CCC(C(C)C)CC2)C1. The van der Waals surface area contributed by atoms with Crippen LogP contribution >= 0.6 is 0 Å². The van der Waals surface area contributed by atoms with Crippen molar-refractivity contribution in [1.29, 1.82) is 0 Å². The molecule has 0 saturated heterocycles. The van der Waals surface area contributed by atoms with Gasteiger partial charge in [0, 0.05) is 12.0 Å². The molecule has 20 heavy (non-hydrogen) atoms. The second kappa shape index (κ2) is 6.79. The van der Waals surface area contributed by atoms with E-state index in [0.717, 1.165) is 30.6 Å². The lowest BCUT2D eigenvalue weighted by molar-refractivity contribution is -0.0609. The molecule has 0 aromatic heterocycles. The number of aliphatic hydroxyl groups excluding tert-OH is 1. The average molecular weight is 281 g/mol. The van der Waals surface area contributed by atoms with Gasteiger partial charge in [0.1, 0.15) is 0 Å². The van der Waals surface area contributed by atoms with Gasteiger partial charge in [-0.05, 0) is 62.2 Å². The van der Waals surface area contributed by atoms with Crippen molar-refractivity contribution in [3.63, 3.8) is 0 Å². The molecule has 0 heterocycles. The fourth-order valence-electron chi connectivity index (χ4n) is 4.77. The first kappa shape index (κ1) is 16.3. The van der Waals surface area contributed by atoms with Crippen LogP contribution in [-0.2, 0) is 0 Å². The lowest BCUT2D eigenvalue weighted by Gasteiger charge is -2.47. The fraction of sp³-hybridized carbons (Fsp3) is 1.00. The largest absolute Gasteiger partial charge is 0.392 e. The molecule has 0 bridgehead atoms. The van der Waals surface area contributed by atoms with Crippen molar-refractivity contribution >= 4 is 0 Å². The van der Waals surface area contributed by atoms with Crippen LogP contribution in [0.25, 0.3) is 0 Å². The lowest BCUT2D eigenvalue weighted by atomic mass is 9.61. The maximum absolute atomic E-state index is 11.0. The minimum atomic E-state index is -0.164. The Morgan fingerprint density at radius 1 is 1.10 bits per heavy atom. The molecule has 2 nitrogen and oxygen atoms in total. The number of nitrogens with two attached hydrogens (primary N) is 1. The van der Waals surface area contributed by atoms with Crippen LogP contribution in [0.3, 0.4) is 0 Å². The van der Waals surface area contributed by atoms with Gasteiger partial charge >= 0.3 is 0 Å². The molecule has 0 radical (unpaired) electrons. The maximum Gasteiger partial charge on any atom is 0.0636 e. The van der Waals surface area contributed by atoms with Gasteiger partial charge in [0.2, 0.25) is 0 Å². The van der Waals surface area contributed by atoms with Gasteiger partial charge in [-0.3, -0.25) is 0 Å². The van der Waals surface area contributed by atoms with Crippen LogP contribution in [0.4, 0.5) is 0 Å². The summed E-state index contributed by atoms with van der Waals surface area (Å²) in [6.45, 7) is 7.67.